The Morgan fingerprint density at radius 2 is 1.50 bits per heavy atom. The van der Waals surface area contributed by atoms with Crippen LogP contribution in [0, 0.1) is 0 Å². The summed E-state index contributed by atoms with van der Waals surface area (Å²) >= 11 is 7.64. The van der Waals surface area contributed by atoms with Crippen molar-refractivity contribution in [1.29, 1.82) is 0 Å². The molecule has 0 spiro atoms. The first-order valence-corrected chi connectivity index (χ1v) is 12.9. The number of thioether (sulfide) groups is 1. The average molecular weight is 511 g/mol. The van der Waals surface area contributed by atoms with Crippen LogP contribution in [0.4, 0.5) is 5.69 Å². The Balaban J connectivity index is 1.35. The van der Waals surface area contributed by atoms with Crippen molar-refractivity contribution < 1.29 is 9.53 Å². The van der Waals surface area contributed by atoms with Gasteiger partial charge in [-0.1, -0.05) is 72.3 Å². The van der Waals surface area contributed by atoms with Gasteiger partial charge in [-0.25, -0.2) is 0 Å². The van der Waals surface area contributed by atoms with Crippen LogP contribution in [0.5, 0.6) is 5.75 Å². The van der Waals surface area contributed by atoms with Crippen molar-refractivity contribution in [3.8, 4) is 5.75 Å². The lowest BCUT2D eigenvalue weighted by molar-refractivity contribution is -0.114. The SMILES string of the molecule is O=C1/C(=C\c2ccc(OCc3ccccc3)cc2)C(CSc2ccc(Cl)cc2)=NN1c1ccccc1. The summed E-state index contributed by atoms with van der Waals surface area (Å²) in [6.07, 6.45) is 1.90. The summed E-state index contributed by atoms with van der Waals surface area (Å²) < 4.78 is 5.90. The highest BCUT2D eigenvalue weighted by molar-refractivity contribution is 8.00. The Hall–Kier alpha value is -3.80. The number of amides is 1. The number of anilines is 1. The zero-order valence-electron chi connectivity index (χ0n) is 19.4. The van der Waals surface area contributed by atoms with Gasteiger partial charge >= 0.3 is 0 Å². The topological polar surface area (TPSA) is 41.9 Å². The molecule has 4 nitrogen and oxygen atoms in total. The molecule has 5 rings (SSSR count). The predicted molar refractivity (Wildman–Crippen MR) is 149 cm³/mol. The molecule has 0 aliphatic carbocycles. The molecule has 1 aliphatic rings. The molecule has 0 N–H and O–H groups in total. The molecule has 1 amide bonds. The monoisotopic (exact) mass is 510 g/mol. The number of halogens is 1. The first kappa shape index (κ1) is 23.9. The minimum Gasteiger partial charge on any atom is -0.489 e. The number of hydrazone groups is 1. The maximum absolute atomic E-state index is 13.4. The number of hydrogen-bond acceptors (Lipinski definition) is 4. The molecule has 178 valence electrons. The van der Waals surface area contributed by atoms with Gasteiger partial charge in [0.15, 0.2) is 0 Å². The number of para-hydroxylation sites is 1. The van der Waals surface area contributed by atoms with Crippen LogP contribution in [0.3, 0.4) is 0 Å². The molecular weight excluding hydrogens is 488 g/mol. The molecule has 0 unspecified atom stereocenters. The highest BCUT2D eigenvalue weighted by atomic mass is 35.5. The number of carbonyl (C=O) groups is 1. The van der Waals surface area contributed by atoms with Crippen molar-refractivity contribution in [3.63, 3.8) is 0 Å². The van der Waals surface area contributed by atoms with Crippen molar-refractivity contribution in [2.24, 2.45) is 5.10 Å². The van der Waals surface area contributed by atoms with E-state index in [1.807, 2.05) is 115 Å². The fourth-order valence-corrected chi connectivity index (χ4v) is 4.67. The van der Waals surface area contributed by atoms with Crippen LogP contribution in [0.15, 0.2) is 125 Å². The summed E-state index contributed by atoms with van der Waals surface area (Å²) in [5, 5.41) is 6.86. The van der Waals surface area contributed by atoms with Crippen LogP contribution >= 0.6 is 23.4 Å². The highest BCUT2D eigenvalue weighted by Crippen LogP contribution is 2.29. The van der Waals surface area contributed by atoms with Crippen LogP contribution in [0.2, 0.25) is 5.02 Å². The number of nitrogens with zero attached hydrogens (tertiary/aromatic N) is 2. The molecule has 0 radical (unpaired) electrons. The molecule has 0 fully saturated rings. The molecule has 0 aromatic heterocycles. The Morgan fingerprint density at radius 1 is 0.833 bits per heavy atom. The van der Waals surface area contributed by atoms with E-state index in [4.69, 9.17) is 21.4 Å². The molecular formula is C30H23ClN2O2S. The Labute approximate surface area is 219 Å². The summed E-state index contributed by atoms with van der Waals surface area (Å²) in [4.78, 5) is 14.5. The van der Waals surface area contributed by atoms with Crippen LogP contribution in [0.1, 0.15) is 11.1 Å². The summed E-state index contributed by atoms with van der Waals surface area (Å²) in [6, 6.07) is 34.9. The van der Waals surface area contributed by atoms with Gasteiger partial charge in [-0.15, -0.1) is 11.8 Å². The Kier molecular flexibility index (Phi) is 7.50. The van der Waals surface area contributed by atoms with Crippen LogP contribution < -0.4 is 9.75 Å². The molecule has 0 saturated heterocycles. The molecule has 0 atom stereocenters. The predicted octanol–water partition coefficient (Wildman–Crippen LogP) is 7.50. The number of ether oxygens (including phenoxy) is 1. The largest absolute Gasteiger partial charge is 0.489 e. The van der Waals surface area contributed by atoms with Gasteiger partial charge in [0, 0.05) is 15.7 Å². The van der Waals surface area contributed by atoms with Crippen LogP contribution in [0.25, 0.3) is 6.08 Å². The van der Waals surface area contributed by atoms with E-state index < -0.39 is 0 Å². The van der Waals surface area contributed by atoms with Crippen molar-refractivity contribution in [2.75, 3.05) is 10.8 Å². The third-order valence-electron chi connectivity index (χ3n) is 5.58. The number of carbonyl (C=O) groups excluding carboxylic acids is 1. The number of rotatable bonds is 8. The fourth-order valence-electron chi connectivity index (χ4n) is 3.70. The maximum Gasteiger partial charge on any atom is 0.280 e. The van der Waals surface area contributed by atoms with Gasteiger partial charge in [-0.3, -0.25) is 4.79 Å². The number of hydrogen-bond donors (Lipinski definition) is 0. The third-order valence-corrected chi connectivity index (χ3v) is 6.86. The van der Waals surface area contributed by atoms with Crippen LogP contribution in [-0.4, -0.2) is 17.4 Å². The third kappa shape index (κ3) is 5.88. The van der Waals surface area contributed by atoms with Gasteiger partial charge in [0.05, 0.1) is 17.0 Å². The van der Waals surface area contributed by atoms with E-state index in [0.717, 1.165) is 33.2 Å². The molecule has 36 heavy (non-hydrogen) atoms. The van der Waals surface area contributed by atoms with Crippen molar-refractivity contribution >= 4 is 46.7 Å². The minimum absolute atomic E-state index is 0.141. The first-order valence-electron chi connectivity index (χ1n) is 11.5. The maximum atomic E-state index is 13.4. The lowest BCUT2D eigenvalue weighted by Gasteiger charge is -2.11. The highest BCUT2D eigenvalue weighted by Gasteiger charge is 2.31. The van der Waals surface area contributed by atoms with Gasteiger partial charge < -0.3 is 4.74 Å². The Bertz CT molecular complexity index is 1390. The summed E-state index contributed by atoms with van der Waals surface area (Å²) in [5.74, 6) is 1.19. The number of benzene rings is 4. The van der Waals surface area contributed by atoms with Gasteiger partial charge in [-0.05, 0) is 65.7 Å². The first-order chi connectivity index (χ1) is 17.7. The smallest absolute Gasteiger partial charge is 0.280 e. The zero-order chi connectivity index (χ0) is 24.7. The van der Waals surface area contributed by atoms with E-state index in [9.17, 15) is 4.79 Å². The molecule has 1 aliphatic heterocycles. The molecule has 0 bridgehead atoms. The van der Waals surface area contributed by atoms with E-state index in [2.05, 4.69) is 0 Å². The molecule has 6 heteroatoms. The van der Waals surface area contributed by atoms with E-state index in [1.165, 1.54) is 5.01 Å². The normalized spacial score (nSPS) is 14.2. The summed E-state index contributed by atoms with van der Waals surface area (Å²) in [5.41, 5.74) is 4.07. The van der Waals surface area contributed by atoms with Gasteiger partial charge in [0.25, 0.3) is 5.91 Å². The van der Waals surface area contributed by atoms with E-state index in [0.29, 0.717) is 23.0 Å². The fraction of sp³-hybridized carbons (Fsp3) is 0.0667. The van der Waals surface area contributed by atoms with Gasteiger partial charge in [0.2, 0.25) is 0 Å². The standard InChI is InChI=1S/C30H23ClN2O2S/c31-24-13-17-27(18-14-24)36-21-29-28(30(34)33(32-29)25-9-5-2-6-10-25)19-22-11-15-26(16-12-22)35-20-23-7-3-1-4-8-23/h1-19H,20-21H2/b28-19-. The summed E-state index contributed by atoms with van der Waals surface area (Å²) in [6.45, 7) is 0.504. The zero-order valence-corrected chi connectivity index (χ0v) is 21.0. The molecule has 4 aromatic rings. The van der Waals surface area contributed by atoms with E-state index >= 15 is 0 Å². The van der Waals surface area contributed by atoms with Gasteiger partial charge in [0.1, 0.15) is 12.4 Å². The van der Waals surface area contributed by atoms with Crippen molar-refractivity contribution in [1.82, 2.24) is 0 Å². The lowest BCUT2D eigenvalue weighted by Crippen LogP contribution is -2.21. The minimum atomic E-state index is -0.141. The van der Waals surface area contributed by atoms with Crippen molar-refractivity contribution in [3.05, 3.63) is 131 Å². The second-order valence-corrected chi connectivity index (χ2v) is 9.63. The summed E-state index contributed by atoms with van der Waals surface area (Å²) in [7, 11) is 0. The molecule has 1 heterocycles. The van der Waals surface area contributed by atoms with E-state index in [-0.39, 0.29) is 5.91 Å². The Morgan fingerprint density at radius 3 is 2.19 bits per heavy atom. The second kappa shape index (κ2) is 11.3. The van der Waals surface area contributed by atoms with E-state index in [1.54, 1.807) is 11.8 Å². The lowest BCUT2D eigenvalue weighted by atomic mass is 10.1. The molecule has 4 aromatic carbocycles. The molecule has 0 saturated carbocycles. The van der Waals surface area contributed by atoms with Crippen molar-refractivity contribution in [2.45, 2.75) is 11.5 Å². The quantitative estimate of drug-likeness (QED) is 0.182. The van der Waals surface area contributed by atoms with Gasteiger partial charge in [-0.2, -0.15) is 10.1 Å². The second-order valence-electron chi connectivity index (χ2n) is 8.14. The average Bonchev–Trinajstić information content (AvgIpc) is 3.24. The van der Waals surface area contributed by atoms with Crippen LogP contribution in [-0.2, 0) is 11.4 Å².